The van der Waals surface area contributed by atoms with Gasteiger partial charge in [-0.2, -0.15) is 0 Å². The molecule has 3 nitrogen and oxygen atoms in total. The molecule has 2 bridgehead atoms. The molecular formula is C20H27NO2. The summed E-state index contributed by atoms with van der Waals surface area (Å²) in [5.74, 6) is 3.48. The Labute approximate surface area is 139 Å². The molecule has 0 aromatic heterocycles. The first-order valence-electron chi connectivity index (χ1n) is 9.28. The number of rotatable bonds is 2. The summed E-state index contributed by atoms with van der Waals surface area (Å²) in [5.41, 5.74) is 3.32. The molecule has 5 rings (SSSR count). The van der Waals surface area contributed by atoms with Crippen molar-refractivity contribution in [1.29, 1.82) is 0 Å². The Hall–Kier alpha value is -1.22. The van der Waals surface area contributed by atoms with E-state index in [2.05, 4.69) is 31.0 Å². The third-order valence-corrected chi connectivity index (χ3v) is 7.45. The van der Waals surface area contributed by atoms with E-state index >= 15 is 0 Å². The summed E-state index contributed by atoms with van der Waals surface area (Å²) in [6.07, 6.45) is 6.71. The smallest absolute Gasteiger partial charge is 0.165 e. The standard InChI is InChI=1S/C20H27NO2/c1-4-12-5-7-14-15-11-13-6-8-16(22-3)18-17(13)20(14,19(12)23-18)9-10-21(15)2/h6,8,12,14-15,19H,4-5,7,9-11H2,1-3H3/t12?,14?,15?,19?,20-/m0/s1. The molecular weight excluding hydrogens is 286 g/mol. The fourth-order valence-electron chi connectivity index (χ4n) is 6.42. The zero-order valence-electron chi connectivity index (χ0n) is 14.5. The Kier molecular flexibility index (Phi) is 2.87. The topological polar surface area (TPSA) is 21.7 Å². The molecule has 1 aromatic rings. The average Bonchev–Trinajstić information content (AvgIpc) is 2.92. The van der Waals surface area contributed by atoms with Crippen molar-refractivity contribution < 1.29 is 9.47 Å². The van der Waals surface area contributed by atoms with Crippen molar-refractivity contribution in [3.05, 3.63) is 23.3 Å². The number of nitrogens with zero attached hydrogens (tertiary/aromatic N) is 1. The second kappa shape index (κ2) is 4.66. The van der Waals surface area contributed by atoms with Crippen LogP contribution in [0.4, 0.5) is 0 Å². The van der Waals surface area contributed by atoms with Crippen molar-refractivity contribution in [2.24, 2.45) is 11.8 Å². The van der Waals surface area contributed by atoms with E-state index in [1.165, 1.54) is 49.8 Å². The first-order chi connectivity index (χ1) is 11.2. The van der Waals surface area contributed by atoms with Crippen LogP contribution in [-0.4, -0.2) is 37.7 Å². The normalized spacial score (nSPS) is 40.5. The van der Waals surface area contributed by atoms with E-state index in [0.29, 0.717) is 18.1 Å². The Morgan fingerprint density at radius 1 is 1.35 bits per heavy atom. The highest BCUT2D eigenvalue weighted by Gasteiger charge is 2.64. The van der Waals surface area contributed by atoms with Gasteiger partial charge in [-0.05, 0) is 69.2 Å². The first-order valence-corrected chi connectivity index (χ1v) is 9.28. The van der Waals surface area contributed by atoms with Crippen LogP contribution < -0.4 is 9.47 Å². The number of hydrogen-bond donors (Lipinski definition) is 0. The lowest BCUT2D eigenvalue weighted by molar-refractivity contribution is -0.0696. The predicted octanol–water partition coefficient (Wildman–Crippen LogP) is 3.39. The molecule has 2 aliphatic carbocycles. The quantitative estimate of drug-likeness (QED) is 0.835. The van der Waals surface area contributed by atoms with Crippen LogP contribution in [0.5, 0.6) is 11.5 Å². The number of likely N-dealkylation sites (N-methyl/N-ethyl adjacent to an activating group) is 1. The van der Waals surface area contributed by atoms with Gasteiger partial charge in [0.15, 0.2) is 11.5 Å². The van der Waals surface area contributed by atoms with Crippen LogP contribution in [0, 0.1) is 11.8 Å². The maximum atomic E-state index is 6.70. The van der Waals surface area contributed by atoms with E-state index < -0.39 is 0 Å². The van der Waals surface area contributed by atoms with Crippen molar-refractivity contribution >= 4 is 0 Å². The molecule has 2 aliphatic heterocycles. The van der Waals surface area contributed by atoms with Gasteiger partial charge in [-0.3, -0.25) is 0 Å². The van der Waals surface area contributed by atoms with Crippen LogP contribution in [-0.2, 0) is 11.8 Å². The highest BCUT2D eigenvalue weighted by Crippen LogP contribution is 2.65. The molecule has 4 aliphatic rings. The third-order valence-electron chi connectivity index (χ3n) is 7.45. The van der Waals surface area contributed by atoms with Gasteiger partial charge in [0, 0.05) is 17.0 Å². The minimum Gasteiger partial charge on any atom is -0.493 e. The lowest BCUT2D eigenvalue weighted by Gasteiger charge is -2.59. The molecule has 2 heterocycles. The van der Waals surface area contributed by atoms with E-state index in [1.54, 1.807) is 7.11 Å². The minimum absolute atomic E-state index is 0.257. The lowest BCUT2D eigenvalue weighted by atomic mass is 9.50. The fraction of sp³-hybridized carbons (Fsp3) is 0.700. The van der Waals surface area contributed by atoms with Gasteiger partial charge in [-0.25, -0.2) is 0 Å². The molecule has 0 radical (unpaired) electrons. The third kappa shape index (κ3) is 1.55. The summed E-state index contributed by atoms with van der Waals surface area (Å²) < 4.78 is 12.4. The number of likely N-dealkylation sites (tertiary alicyclic amines) is 1. The number of benzene rings is 1. The molecule has 2 fully saturated rings. The van der Waals surface area contributed by atoms with E-state index in [9.17, 15) is 0 Å². The van der Waals surface area contributed by atoms with Crippen LogP contribution in [0.15, 0.2) is 12.1 Å². The molecule has 1 spiro atoms. The highest BCUT2D eigenvalue weighted by atomic mass is 16.5. The zero-order valence-corrected chi connectivity index (χ0v) is 14.5. The molecule has 0 amide bonds. The highest BCUT2D eigenvalue weighted by molar-refractivity contribution is 5.61. The van der Waals surface area contributed by atoms with Gasteiger partial charge in [-0.1, -0.05) is 13.0 Å². The Morgan fingerprint density at radius 2 is 2.22 bits per heavy atom. The van der Waals surface area contributed by atoms with E-state index in [0.717, 1.165) is 17.4 Å². The summed E-state index contributed by atoms with van der Waals surface area (Å²) in [6.45, 7) is 3.54. The van der Waals surface area contributed by atoms with E-state index in [-0.39, 0.29) is 5.41 Å². The van der Waals surface area contributed by atoms with E-state index in [4.69, 9.17) is 9.47 Å². The van der Waals surface area contributed by atoms with Crippen LogP contribution in [0.1, 0.15) is 43.7 Å². The summed E-state index contributed by atoms with van der Waals surface area (Å²) in [6, 6.07) is 5.13. The van der Waals surface area contributed by atoms with Crippen LogP contribution >= 0.6 is 0 Å². The van der Waals surface area contributed by atoms with Crippen molar-refractivity contribution in [2.45, 2.75) is 56.6 Å². The number of ether oxygens (including phenoxy) is 2. The molecule has 1 aromatic carbocycles. The van der Waals surface area contributed by atoms with Gasteiger partial charge in [-0.15, -0.1) is 0 Å². The first kappa shape index (κ1) is 14.2. The summed E-state index contributed by atoms with van der Waals surface area (Å²) in [5, 5.41) is 0. The average molecular weight is 313 g/mol. The van der Waals surface area contributed by atoms with Gasteiger partial charge in [0.2, 0.25) is 0 Å². The van der Waals surface area contributed by atoms with Crippen molar-refractivity contribution in [3.63, 3.8) is 0 Å². The second-order valence-electron chi connectivity index (χ2n) is 8.06. The van der Waals surface area contributed by atoms with Crippen LogP contribution in [0.2, 0.25) is 0 Å². The molecule has 5 atom stereocenters. The molecule has 0 N–H and O–H groups in total. The number of methoxy groups -OCH3 is 1. The van der Waals surface area contributed by atoms with Crippen molar-refractivity contribution in [3.8, 4) is 11.5 Å². The predicted molar refractivity (Wildman–Crippen MR) is 90.3 cm³/mol. The monoisotopic (exact) mass is 313 g/mol. The molecule has 23 heavy (non-hydrogen) atoms. The molecule has 4 unspecified atom stereocenters. The van der Waals surface area contributed by atoms with Gasteiger partial charge in [0.05, 0.1) is 7.11 Å². The summed E-state index contributed by atoms with van der Waals surface area (Å²) in [4.78, 5) is 2.62. The minimum atomic E-state index is 0.257. The van der Waals surface area contributed by atoms with Crippen molar-refractivity contribution in [1.82, 2.24) is 4.90 Å². The van der Waals surface area contributed by atoms with Crippen LogP contribution in [0.3, 0.4) is 0 Å². The Bertz CT molecular complexity index is 657. The lowest BCUT2D eigenvalue weighted by Crippen LogP contribution is -2.65. The van der Waals surface area contributed by atoms with Gasteiger partial charge in [0.25, 0.3) is 0 Å². The van der Waals surface area contributed by atoms with Gasteiger partial charge >= 0.3 is 0 Å². The maximum Gasteiger partial charge on any atom is 0.165 e. The second-order valence-corrected chi connectivity index (χ2v) is 8.06. The summed E-state index contributed by atoms with van der Waals surface area (Å²) >= 11 is 0. The molecule has 1 saturated carbocycles. The number of piperidine rings is 1. The summed E-state index contributed by atoms with van der Waals surface area (Å²) in [7, 11) is 4.10. The fourth-order valence-corrected chi connectivity index (χ4v) is 6.42. The Balaban J connectivity index is 1.77. The van der Waals surface area contributed by atoms with Gasteiger partial charge < -0.3 is 14.4 Å². The Morgan fingerprint density at radius 3 is 3.00 bits per heavy atom. The number of hydrogen-bond acceptors (Lipinski definition) is 3. The zero-order chi connectivity index (χ0) is 15.8. The van der Waals surface area contributed by atoms with Crippen LogP contribution in [0.25, 0.3) is 0 Å². The van der Waals surface area contributed by atoms with Crippen molar-refractivity contribution in [2.75, 3.05) is 20.7 Å². The van der Waals surface area contributed by atoms with Gasteiger partial charge in [0.1, 0.15) is 6.10 Å². The molecule has 3 heteroatoms. The van der Waals surface area contributed by atoms with E-state index in [1.807, 2.05) is 0 Å². The SMILES string of the molecule is CCC1CCC2C3Cc4ccc(OC)c5c4[C@@]2(CCN3C)C1O5. The molecule has 124 valence electrons. The molecule has 1 saturated heterocycles. The maximum absolute atomic E-state index is 6.70. The largest absolute Gasteiger partial charge is 0.493 e.